The van der Waals surface area contributed by atoms with Gasteiger partial charge in [-0.2, -0.15) is 4.98 Å². The summed E-state index contributed by atoms with van der Waals surface area (Å²) in [7, 11) is 0. The van der Waals surface area contributed by atoms with Crippen LogP contribution in [0, 0.1) is 0 Å². The topological polar surface area (TPSA) is 49.2 Å². The highest BCUT2D eigenvalue weighted by Crippen LogP contribution is 2.35. The molecule has 0 spiro atoms. The van der Waals surface area contributed by atoms with Crippen LogP contribution in [0.3, 0.4) is 0 Å². The molecular formula is C11H12ClN3OS. The molecule has 1 aliphatic carbocycles. The molecule has 2 heterocycles. The summed E-state index contributed by atoms with van der Waals surface area (Å²) in [5, 5.41) is 12.4. The lowest BCUT2D eigenvalue weighted by molar-refractivity contribution is 0.301. The molecule has 2 aromatic rings. The molecule has 0 aliphatic heterocycles. The summed E-state index contributed by atoms with van der Waals surface area (Å²) in [5.41, 5.74) is 0. The first-order valence-electron chi connectivity index (χ1n) is 5.58. The van der Waals surface area contributed by atoms with Gasteiger partial charge in [-0.25, -0.2) is 4.98 Å². The van der Waals surface area contributed by atoms with E-state index < -0.39 is 0 Å². The first-order chi connectivity index (χ1) is 8.29. The summed E-state index contributed by atoms with van der Waals surface area (Å²) in [6, 6.07) is 2.51. The molecule has 0 atom stereocenters. The number of hydrogen-bond acceptors (Lipinski definition) is 5. The highest BCUT2D eigenvalue weighted by atomic mass is 35.5. The van der Waals surface area contributed by atoms with E-state index in [0.29, 0.717) is 12.6 Å². The van der Waals surface area contributed by atoms with E-state index in [0.717, 1.165) is 28.9 Å². The molecule has 1 aliphatic rings. The van der Waals surface area contributed by atoms with E-state index >= 15 is 0 Å². The van der Waals surface area contributed by atoms with E-state index in [2.05, 4.69) is 14.9 Å². The van der Waals surface area contributed by atoms with Gasteiger partial charge in [0, 0.05) is 12.6 Å². The average molecular weight is 270 g/mol. The van der Waals surface area contributed by atoms with E-state index in [1.54, 1.807) is 11.3 Å². The number of hydrogen-bond donors (Lipinski definition) is 1. The zero-order valence-corrected chi connectivity index (χ0v) is 10.7. The molecule has 2 aromatic heterocycles. The van der Waals surface area contributed by atoms with Crippen LogP contribution in [0.5, 0.6) is 0 Å². The Hall–Kier alpha value is -0.910. The van der Waals surface area contributed by atoms with E-state index in [1.165, 1.54) is 0 Å². The quantitative estimate of drug-likeness (QED) is 0.866. The second-order valence-electron chi connectivity index (χ2n) is 4.10. The molecule has 1 N–H and O–H groups in total. The van der Waals surface area contributed by atoms with Crippen molar-refractivity contribution in [1.29, 1.82) is 0 Å². The van der Waals surface area contributed by atoms with Crippen LogP contribution < -0.4 is 4.90 Å². The van der Waals surface area contributed by atoms with Crippen molar-refractivity contribution in [3.63, 3.8) is 0 Å². The molecule has 1 fully saturated rings. The van der Waals surface area contributed by atoms with Crippen LogP contribution >= 0.6 is 22.9 Å². The van der Waals surface area contributed by atoms with Crippen LogP contribution in [0.15, 0.2) is 11.4 Å². The van der Waals surface area contributed by atoms with Crippen molar-refractivity contribution in [2.45, 2.75) is 18.9 Å². The van der Waals surface area contributed by atoms with Crippen molar-refractivity contribution < 1.29 is 5.11 Å². The van der Waals surface area contributed by atoms with Gasteiger partial charge in [-0.3, -0.25) is 0 Å². The Kier molecular flexibility index (Phi) is 2.90. The second kappa shape index (κ2) is 4.40. The Bertz CT molecular complexity index is 540. The van der Waals surface area contributed by atoms with Crippen LogP contribution in [-0.4, -0.2) is 34.3 Å². The predicted molar refractivity (Wildman–Crippen MR) is 69.9 cm³/mol. The molecule has 4 nitrogen and oxygen atoms in total. The fourth-order valence-electron chi connectivity index (χ4n) is 1.99. The Morgan fingerprint density at radius 2 is 2.29 bits per heavy atom. The largest absolute Gasteiger partial charge is 0.395 e. The van der Waals surface area contributed by atoms with E-state index in [4.69, 9.17) is 16.7 Å². The fourth-order valence-corrected chi connectivity index (χ4v) is 2.96. The summed E-state index contributed by atoms with van der Waals surface area (Å²) in [4.78, 5) is 11.6. The normalized spacial score (nSPS) is 15.4. The summed E-state index contributed by atoms with van der Waals surface area (Å²) in [6.07, 6.45) is 2.32. The zero-order chi connectivity index (χ0) is 11.8. The number of aromatic nitrogens is 2. The molecule has 0 aromatic carbocycles. The Balaban J connectivity index is 2.09. The van der Waals surface area contributed by atoms with E-state index in [-0.39, 0.29) is 11.9 Å². The lowest BCUT2D eigenvalue weighted by Crippen LogP contribution is -2.30. The van der Waals surface area contributed by atoms with Gasteiger partial charge < -0.3 is 10.0 Å². The summed E-state index contributed by atoms with van der Waals surface area (Å²) < 4.78 is 0. The molecule has 0 bridgehead atoms. The lowest BCUT2D eigenvalue weighted by Gasteiger charge is -2.23. The van der Waals surface area contributed by atoms with Crippen molar-refractivity contribution in [2.24, 2.45) is 0 Å². The van der Waals surface area contributed by atoms with Gasteiger partial charge in [-0.05, 0) is 35.9 Å². The minimum absolute atomic E-state index is 0.129. The van der Waals surface area contributed by atoms with Gasteiger partial charge in [0.2, 0.25) is 5.28 Å². The van der Waals surface area contributed by atoms with Crippen LogP contribution in [-0.2, 0) is 0 Å². The molecule has 1 saturated carbocycles. The summed E-state index contributed by atoms with van der Waals surface area (Å²) >= 11 is 7.50. The van der Waals surface area contributed by atoms with Crippen molar-refractivity contribution in [1.82, 2.24) is 9.97 Å². The SMILES string of the molecule is OCCN(c1nc(Cl)nc2sccc12)C1CC1. The Morgan fingerprint density at radius 1 is 1.47 bits per heavy atom. The number of aliphatic hydroxyl groups is 1. The van der Waals surface area contributed by atoms with Crippen LogP contribution in [0.2, 0.25) is 5.28 Å². The Labute approximate surface area is 108 Å². The highest BCUT2D eigenvalue weighted by molar-refractivity contribution is 7.16. The monoisotopic (exact) mass is 269 g/mol. The van der Waals surface area contributed by atoms with Gasteiger partial charge >= 0.3 is 0 Å². The fraction of sp³-hybridized carbons (Fsp3) is 0.455. The number of thiophene rings is 1. The minimum atomic E-state index is 0.129. The number of anilines is 1. The van der Waals surface area contributed by atoms with Gasteiger partial charge in [0.1, 0.15) is 10.6 Å². The van der Waals surface area contributed by atoms with Gasteiger partial charge in [0.25, 0.3) is 0 Å². The third-order valence-corrected chi connectivity index (χ3v) is 3.85. The molecule has 6 heteroatoms. The van der Waals surface area contributed by atoms with Gasteiger partial charge in [-0.15, -0.1) is 11.3 Å². The number of halogens is 1. The van der Waals surface area contributed by atoms with Crippen LogP contribution in [0.1, 0.15) is 12.8 Å². The minimum Gasteiger partial charge on any atom is -0.395 e. The molecule has 0 amide bonds. The Morgan fingerprint density at radius 3 is 3.00 bits per heavy atom. The first kappa shape index (κ1) is 11.2. The maximum absolute atomic E-state index is 9.15. The molecule has 90 valence electrons. The maximum Gasteiger partial charge on any atom is 0.225 e. The number of aliphatic hydroxyl groups excluding tert-OH is 1. The summed E-state index contributed by atoms with van der Waals surface area (Å²) in [5.74, 6) is 0.859. The maximum atomic E-state index is 9.15. The van der Waals surface area contributed by atoms with E-state index in [9.17, 15) is 0 Å². The third-order valence-electron chi connectivity index (χ3n) is 2.88. The molecule has 3 rings (SSSR count). The van der Waals surface area contributed by atoms with Crippen molar-refractivity contribution in [3.8, 4) is 0 Å². The van der Waals surface area contributed by atoms with Gasteiger partial charge in [-0.1, -0.05) is 0 Å². The van der Waals surface area contributed by atoms with Crippen molar-refractivity contribution in [3.05, 3.63) is 16.7 Å². The number of fused-ring (bicyclic) bond motifs is 1. The molecule has 0 unspecified atom stereocenters. The van der Waals surface area contributed by atoms with E-state index in [1.807, 2.05) is 11.4 Å². The lowest BCUT2D eigenvalue weighted by atomic mass is 10.3. The number of rotatable bonds is 4. The highest BCUT2D eigenvalue weighted by Gasteiger charge is 2.31. The van der Waals surface area contributed by atoms with Crippen LogP contribution in [0.25, 0.3) is 10.2 Å². The second-order valence-corrected chi connectivity index (χ2v) is 5.34. The van der Waals surface area contributed by atoms with Crippen molar-refractivity contribution in [2.75, 3.05) is 18.1 Å². The molecule has 17 heavy (non-hydrogen) atoms. The van der Waals surface area contributed by atoms with Gasteiger partial charge in [0.05, 0.1) is 12.0 Å². The average Bonchev–Trinajstić information content (AvgIpc) is 3.04. The molecule has 0 saturated heterocycles. The third kappa shape index (κ3) is 2.10. The summed E-state index contributed by atoms with van der Waals surface area (Å²) in [6.45, 7) is 0.729. The molecular weight excluding hydrogens is 258 g/mol. The van der Waals surface area contributed by atoms with Crippen LogP contribution in [0.4, 0.5) is 5.82 Å². The molecule has 0 radical (unpaired) electrons. The predicted octanol–water partition coefficient (Wildman–Crippen LogP) is 2.31. The zero-order valence-electron chi connectivity index (χ0n) is 9.14. The van der Waals surface area contributed by atoms with Crippen molar-refractivity contribution >= 4 is 39.0 Å². The first-order valence-corrected chi connectivity index (χ1v) is 6.83. The smallest absolute Gasteiger partial charge is 0.225 e. The van der Waals surface area contributed by atoms with Gasteiger partial charge in [0.15, 0.2) is 0 Å². The standard InChI is InChI=1S/C11H12ClN3OS/c12-11-13-9(8-3-6-17-10(8)14-11)15(4-5-16)7-1-2-7/h3,6-7,16H,1-2,4-5H2. The number of nitrogens with zero attached hydrogens (tertiary/aromatic N) is 3.